The second-order valence-corrected chi connectivity index (χ2v) is 8.08. The number of carbonyl (C=O) groups is 1. The third kappa shape index (κ3) is 4.69. The van der Waals surface area contributed by atoms with Crippen LogP contribution in [0.2, 0.25) is 0 Å². The summed E-state index contributed by atoms with van der Waals surface area (Å²) in [4.78, 5) is 31.3. The minimum Gasteiger partial charge on any atom is -0.351 e. The van der Waals surface area contributed by atoms with Gasteiger partial charge in [0.05, 0.1) is 30.3 Å². The zero-order valence-electron chi connectivity index (χ0n) is 18.5. The smallest absolute Gasteiger partial charge is 0.246 e. The Hall–Kier alpha value is -4.36. The molecular formula is C27H24N6O. The number of fused-ring (bicyclic) bond motifs is 1. The van der Waals surface area contributed by atoms with Gasteiger partial charge < -0.3 is 10.7 Å². The Kier molecular flexibility index (Phi) is 6.09. The van der Waals surface area contributed by atoms with Crippen LogP contribution in [0.4, 0.5) is 5.95 Å². The first-order valence-electron chi connectivity index (χ1n) is 11.1. The van der Waals surface area contributed by atoms with E-state index in [0.29, 0.717) is 18.9 Å². The molecule has 1 atom stereocenters. The molecule has 0 spiro atoms. The van der Waals surface area contributed by atoms with E-state index in [-0.39, 0.29) is 5.91 Å². The van der Waals surface area contributed by atoms with Gasteiger partial charge in [-0.05, 0) is 28.5 Å². The first kappa shape index (κ1) is 21.5. The fourth-order valence-corrected chi connectivity index (χ4v) is 3.92. The lowest BCUT2D eigenvalue weighted by Crippen LogP contribution is -2.45. The number of aromatic amines is 1. The number of rotatable bonds is 7. The number of amides is 1. The Morgan fingerprint density at radius 3 is 2.53 bits per heavy atom. The number of hydrogen-bond acceptors (Lipinski definition) is 5. The van der Waals surface area contributed by atoms with Gasteiger partial charge >= 0.3 is 0 Å². The lowest BCUT2D eigenvalue weighted by Gasteiger charge is -2.24. The molecule has 0 fully saturated rings. The molecule has 2 heterocycles. The zero-order valence-corrected chi connectivity index (χ0v) is 18.5. The van der Waals surface area contributed by atoms with Crippen molar-refractivity contribution in [1.29, 1.82) is 0 Å². The summed E-state index contributed by atoms with van der Waals surface area (Å²) in [6, 6.07) is 25.2. The summed E-state index contributed by atoms with van der Waals surface area (Å²) < 4.78 is 0. The monoisotopic (exact) mass is 448 g/mol. The summed E-state index contributed by atoms with van der Waals surface area (Å²) in [5, 5.41) is 2.28. The van der Waals surface area contributed by atoms with Crippen LogP contribution >= 0.6 is 0 Å². The lowest BCUT2D eigenvalue weighted by atomic mass is 10.1. The van der Waals surface area contributed by atoms with Crippen LogP contribution in [0.15, 0.2) is 97.6 Å². The molecular weight excluding hydrogens is 424 g/mol. The normalized spacial score (nSPS) is 11.9. The molecule has 5 rings (SSSR count). The molecule has 3 N–H and O–H groups in total. The number of anilines is 1. The van der Waals surface area contributed by atoms with Crippen LogP contribution < -0.4 is 10.6 Å². The first-order valence-corrected chi connectivity index (χ1v) is 11.1. The Bertz CT molecular complexity index is 1400. The van der Waals surface area contributed by atoms with Crippen molar-refractivity contribution in [3.8, 4) is 11.3 Å². The predicted molar refractivity (Wildman–Crippen MR) is 133 cm³/mol. The largest absolute Gasteiger partial charge is 0.351 e. The van der Waals surface area contributed by atoms with Crippen molar-refractivity contribution >= 4 is 22.6 Å². The van der Waals surface area contributed by atoms with Gasteiger partial charge in [-0.25, -0.2) is 15.0 Å². The van der Waals surface area contributed by atoms with E-state index in [4.69, 9.17) is 10.7 Å². The number of imidazole rings is 1. The van der Waals surface area contributed by atoms with Crippen LogP contribution in [-0.2, 0) is 17.8 Å². The van der Waals surface area contributed by atoms with Crippen molar-refractivity contribution in [2.24, 2.45) is 5.73 Å². The molecule has 0 saturated heterocycles. The summed E-state index contributed by atoms with van der Waals surface area (Å²) in [5.41, 5.74) is 9.69. The Labute approximate surface area is 197 Å². The third-order valence-electron chi connectivity index (χ3n) is 5.68. The molecule has 0 aliphatic carbocycles. The number of H-pyrrole nitrogens is 1. The van der Waals surface area contributed by atoms with Crippen LogP contribution in [0.3, 0.4) is 0 Å². The highest BCUT2D eigenvalue weighted by molar-refractivity contribution is 5.96. The summed E-state index contributed by atoms with van der Waals surface area (Å²) in [6.45, 7) is 0.315. The number of hydrogen-bond donors (Lipinski definition) is 2. The van der Waals surface area contributed by atoms with Crippen LogP contribution in [0.5, 0.6) is 0 Å². The number of nitrogens with one attached hydrogen (secondary N) is 1. The molecule has 3 aromatic carbocycles. The number of aromatic nitrogens is 4. The van der Waals surface area contributed by atoms with Gasteiger partial charge in [0.25, 0.3) is 0 Å². The Balaban J connectivity index is 1.49. The van der Waals surface area contributed by atoms with Crippen molar-refractivity contribution < 1.29 is 4.79 Å². The van der Waals surface area contributed by atoms with E-state index in [1.807, 2.05) is 54.6 Å². The molecule has 0 saturated carbocycles. The SMILES string of the molecule is NC(Cc1c[nH]cn1)C(=O)N(Cc1ccccc1)c1nccc(-c2ccc3ccccc3c2)n1. The van der Waals surface area contributed by atoms with Gasteiger partial charge in [-0.15, -0.1) is 0 Å². The van der Waals surface area contributed by atoms with Crippen LogP contribution in [0.1, 0.15) is 11.3 Å². The third-order valence-corrected chi connectivity index (χ3v) is 5.68. The maximum atomic E-state index is 13.5. The number of benzene rings is 3. The van der Waals surface area contributed by atoms with Crippen LogP contribution in [0.25, 0.3) is 22.0 Å². The van der Waals surface area contributed by atoms with Gasteiger partial charge in [-0.3, -0.25) is 9.69 Å². The second-order valence-electron chi connectivity index (χ2n) is 8.08. The van der Waals surface area contributed by atoms with E-state index in [0.717, 1.165) is 33.3 Å². The highest BCUT2D eigenvalue weighted by Crippen LogP contribution is 2.25. The fraction of sp³-hybridized carbons (Fsp3) is 0.111. The number of nitrogens with zero attached hydrogens (tertiary/aromatic N) is 4. The van der Waals surface area contributed by atoms with Gasteiger partial charge in [0.15, 0.2) is 0 Å². The zero-order chi connectivity index (χ0) is 23.3. The molecule has 0 aliphatic rings. The Morgan fingerprint density at radius 2 is 1.74 bits per heavy atom. The van der Waals surface area contributed by atoms with Crippen molar-refractivity contribution in [1.82, 2.24) is 19.9 Å². The first-order chi connectivity index (χ1) is 16.7. The van der Waals surface area contributed by atoms with Gasteiger partial charge in [-0.1, -0.05) is 66.7 Å². The average molecular weight is 449 g/mol. The summed E-state index contributed by atoms with van der Waals surface area (Å²) >= 11 is 0. The van der Waals surface area contributed by atoms with E-state index in [9.17, 15) is 4.79 Å². The molecule has 0 bridgehead atoms. The highest BCUT2D eigenvalue weighted by atomic mass is 16.2. The van der Waals surface area contributed by atoms with E-state index in [1.54, 1.807) is 23.6 Å². The molecule has 5 aromatic rings. The van der Waals surface area contributed by atoms with Crippen molar-refractivity contribution in [3.63, 3.8) is 0 Å². The standard InChI is InChI=1S/C27H24N6O/c28-24(15-23-16-29-18-31-23)26(34)33(17-19-6-2-1-3-7-19)27-30-13-12-25(32-27)22-11-10-20-8-4-5-9-21(20)14-22/h1-14,16,18,24H,15,17,28H2,(H,29,31). The molecule has 7 nitrogen and oxygen atoms in total. The molecule has 1 unspecified atom stereocenters. The van der Waals surface area contributed by atoms with E-state index in [2.05, 4.69) is 39.2 Å². The minimum atomic E-state index is -0.778. The van der Waals surface area contributed by atoms with Crippen molar-refractivity contribution in [2.45, 2.75) is 19.0 Å². The molecule has 1 amide bonds. The number of nitrogens with two attached hydrogens (primary N) is 1. The van der Waals surface area contributed by atoms with Crippen LogP contribution in [-0.4, -0.2) is 31.9 Å². The molecule has 7 heteroatoms. The lowest BCUT2D eigenvalue weighted by molar-refractivity contribution is -0.120. The number of carbonyl (C=O) groups excluding carboxylic acids is 1. The van der Waals surface area contributed by atoms with E-state index >= 15 is 0 Å². The van der Waals surface area contributed by atoms with E-state index < -0.39 is 6.04 Å². The van der Waals surface area contributed by atoms with Gasteiger partial charge in [0, 0.05) is 24.4 Å². The maximum Gasteiger partial charge on any atom is 0.246 e. The van der Waals surface area contributed by atoms with Gasteiger partial charge in [0.2, 0.25) is 11.9 Å². The second kappa shape index (κ2) is 9.64. The molecule has 2 aromatic heterocycles. The summed E-state index contributed by atoms with van der Waals surface area (Å²) in [6.07, 6.45) is 5.31. The van der Waals surface area contributed by atoms with Crippen molar-refractivity contribution in [3.05, 3.63) is 109 Å². The predicted octanol–water partition coefficient (Wildman–Crippen LogP) is 4.12. The minimum absolute atomic E-state index is 0.262. The van der Waals surface area contributed by atoms with Gasteiger partial charge in [0.1, 0.15) is 0 Å². The summed E-state index contributed by atoms with van der Waals surface area (Å²) in [5.74, 6) is 0.0551. The Morgan fingerprint density at radius 1 is 0.941 bits per heavy atom. The quantitative estimate of drug-likeness (QED) is 0.390. The molecule has 0 aliphatic heterocycles. The highest BCUT2D eigenvalue weighted by Gasteiger charge is 2.26. The molecule has 168 valence electrons. The topological polar surface area (TPSA) is 101 Å². The van der Waals surface area contributed by atoms with Gasteiger partial charge in [-0.2, -0.15) is 0 Å². The van der Waals surface area contributed by atoms with E-state index in [1.165, 1.54) is 0 Å². The molecule has 34 heavy (non-hydrogen) atoms. The fourth-order valence-electron chi connectivity index (χ4n) is 3.92. The molecule has 0 radical (unpaired) electrons. The summed E-state index contributed by atoms with van der Waals surface area (Å²) in [7, 11) is 0. The maximum absolute atomic E-state index is 13.5. The van der Waals surface area contributed by atoms with Crippen molar-refractivity contribution in [2.75, 3.05) is 4.90 Å². The van der Waals surface area contributed by atoms with Crippen LogP contribution in [0, 0.1) is 0 Å². The average Bonchev–Trinajstić information content (AvgIpc) is 3.40.